The Labute approximate surface area is 202 Å². The van der Waals surface area contributed by atoms with E-state index in [2.05, 4.69) is 0 Å². The predicted molar refractivity (Wildman–Crippen MR) is 123 cm³/mol. The highest BCUT2D eigenvalue weighted by Gasteiger charge is 2.50. The third-order valence-electron chi connectivity index (χ3n) is 5.50. The van der Waals surface area contributed by atoms with Gasteiger partial charge in [-0.2, -0.15) is 0 Å². The van der Waals surface area contributed by atoms with Crippen LogP contribution in [-0.4, -0.2) is 53.7 Å². The number of ether oxygens (including phenoxy) is 4. The summed E-state index contributed by atoms with van der Waals surface area (Å²) in [7, 11) is 0. The van der Waals surface area contributed by atoms with Crippen molar-refractivity contribution in [2.75, 3.05) is 0 Å². The van der Waals surface area contributed by atoms with Gasteiger partial charge in [-0.1, -0.05) is 54.6 Å². The maximum Gasteiger partial charge on any atom is 0.338 e. The Balaban J connectivity index is 1.63. The van der Waals surface area contributed by atoms with Crippen LogP contribution in [0.15, 0.2) is 91.0 Å². The molecule has 1 aliphatic rings. The maximum absolute atomic E-state index is 12.9. The van der Waals surface area contributed by atoms with Crippen molar-refractivity contribution in [2.24, 2.45) is 0 Å². The number of carbonyl (C=O) groups excluding carboxylic acids is 3. The molecule has 0 aliphatic carbocycles. The molecule has 1 aliphatic heterocycles. The van der Waals surface area contributed by atoms with E-state index in [1.54, 1.807) is 97.9 Å². The fourth-order valence-corrected chi connectivity index (χ4v) is 3.71. The van der Waals surface area contributed by atoms with Crippen LogP contribution < -0.4 is 0 Å². The van der Waals surface area contributed by atoms with Gasteiger partial charge in [-0.25, -0.2) is 14.4 Å². The van der Waals surface area contributed by atoms with Crippen LogP contribution in [-0.2, 0) is 18.9 Å². The minimum Gasteiger partial charge on any atom is -0.452 e. The quantitative estimate of drug-likeness (QED) is 0.426. The van der Waals surface area contributed by atoms with E-state index in [0.717, 1.165) is 0 Å². The third kappa shape index (κ3) is 5.74. The predicted octanol–water partition coefficient (Wildman–Crippen LogP) is 3.40. The summed E-state index contributed by atoms with van der Waals surface area (Å²) in [4.78, 5) is 38.5. The zero-order valence-corrected chi connectivity index (χ0v) is 18.9. The molecule has 1 fully saturated rings. The van der Waals surface area contributed by atoms with Gasteiger partial charge in [-0.3, -0.25) is 0 Å². The molecule has 0 bridgehead atoms. The molecule has 1 saturated heterocycles. The zero-order valence-electron chi connectivity index (χ0n) is 18.9. The Morgan fingerprint density at radius 2 is 0.943 bits per heavy atom. The van der Waals surface area contributed by atoms with E-state index >= 15 is 0 Å². The first kappa shape index (κ1) is 24.1. The largest absolute Gasteiger partial charge is 0.452 e. The van der Waals surface area contributed by atoms with Crippen LogP contribution in [0.5, 0.6) is 0 Å². The highest BCUT2D eigenvalue weighted by Crippen LogP contribution is 2.29. The maximum atomic E-state index is 12.9. The second-order valence-electron chi connectivity index (χ2n) is 7.94. The lowest BCUT2D eigenvalue weighted by Crippen LogP contribution is -2.60. The highest BCUT2D eigenvalue weighted by molar-refractivity contribution is 5.91. The van der Waals surface area contributed by atoms with E-state index < -0.39 is 48.6 Å². The molecule has 4 unspecified atom stereocenters. The summed E-state index contributed by atoms with van der Waals surface area (Å²) in [5.41, 5.74) is 0.739. The average Bonchev–Trinajstić information content (AvgIpc) is 2.89. The molecule has 8 heteroatoms. The van der Waals surface area contributed by atoms with Gasteiger partial charge in [0.15, 0.2) is 24.6 Å². The standard InChI is InChI=1S/C27H24O8/c1-17-21(33-24(28)18-11-5-2-6-12-18)22(34-25(29)19-13-7-3-8-14-19)23(27(31)32-17)35-26(30)20-15-9-4-10-16-20/h2-17,21-23,27,31H,1H3/t17?,21-,22?,23?,27?/m1/s1. The minimum absolute atomic E-state index is 0.226. The van der Waals surface area contributed by atoms with Gasteiger partial charge < -0.3 is 24.1 Å². The second-order valence-corrected chi connectivity index (χ2v) is 7.94. The molecule has 35 heavy (non-hydrogen) atoms. The van der Waals surface area contributed by atoms with Crippen molar-refractivity contribution in [1.29, 1.82) is 0 Å². The Morgan fingerprint density at radius 1 is 0.600 bits per heavy atom. The SMILES string of the molecule is CC1OC(O)C(OC(=O)c2ccccc2)C(OC(=O)c2ccccc2)[C@@H]1OC(=O)c1ccccc1. The zero-order chi connectivity index (χ0) is 24.8. The lowest BCUT2D eigenvalue weighted by atomic mass is 9.98. The van der Waals surface area contributed by atoms with Crippen LogP contribution >= 0.6 is 0 Å². The lowest BCUT2D eigenvalue weighted by molar-refractivity contribution is -0.275. The minimum atomic E-state index is -1.63. The van der Waals surface area contributed by atoms with Gasteiger partial charge >= 0.3 is 17.9 Å². The number of hydrogen-bond donors (Lipinski definition) is 1. The molecule has 0 saturated carbocycles. The first-order chi connectivity index (χ1) is 16.9. The molecule has 0 aromatic heterocycles. The molecule has 0 spiro atoms. The summed E-state index contributed by atoms with van der Waals surface area (Å²) in [5, 5.41) is 10.6. The fraction of sp³-hybridized carbons (Fsp3) is 0.222. The first-order valence-electron chi connectivity index (χ1n) is 11.1. The van der Waals surface area contributed by atoms with Crippen LogP contribution in [0.25, 0.3) is 0 Å². The summed E-state index contributed by atoms with van der Waals surface area (Å²) in [6, 6.07) is 24.6. The number of aliphatic hydroxyl groups is 1. The molecule has 3 aromatic rings. The molecule has 0 radical (unpaired) electrons. The Bertz CT molecular complexity index is 1080. The van der Waals surface area contributed by atoms with Crippen LogP contribution in [0.1, 0.15) is 38.0 Å². The topological polar surface area (TPSA) is 108 Å². The van der Waals surface area contributed by atoms with Crippen molar-refractivity contribution in [1.82, 2.24) is 0 Å². The van der Waals surface area contributed by atoms with Crippen LogP contribution in [0.2, 0.25) is 0 Å². The summed E-state index contributed by atoms with van der Waals surface area (Å²) in [6.07, 6.45) is -6.48. The average molecular weight is 476 g/mol. The normalized spacial score (nSPS) is 23.7. The molecule has 180 valence electrons. The Morgan fingerprint density at radius 3 is 1.34 bits per heavy atom. The second kappa shape index (κ2) is 10.9. The van der Waals surface area contributed by atoms with Crippen LogP contribution in [0, 0.1) is 0 Å². The number of carbonyl (C=O) groups is 3. The summed E-state index contributed by atoms with van der Waals surface area (Å²) >= 11 is 0. The van der Waals surface area contributed by atoms with Crippen molar-refractivity contribution in [3.63, 3.8) is 0 Å². The summed E-state index contributed by atoms with van der Waals surface area (Å²) < 4.78 is 22.4. The molecule has 0 amide bonds. The number of aliphatic hydroxyl groups excluding tert-OH is 1. The van der Waals surface area contributed by atoms with E-state index in [1.165, 1.54) is 0 Å². The number of esters is 3. The molecule has 1 heterocycles. The number of benzene rings is 3. The summed E-state index contributed by atoms with van der Waals surface area (Å²) in [5.74, 6) is -2.18. The van der Waals surface area contributed by atoms with E-state index in [-0.39, 0.29) is 16.7 Å². The van der Waals surface area contributed by atoms with E-state index in [0.29, 0.717) is 0 Å². The number of hydrogen-bond acceptors (Lipinski definition) is 8. The van der Waals surface area contributed by atoms with Gasteiger partial charge in [0.1, 0.15) is 0 Å². The smallest absolute Gasteiger partial charge is 0.338 e. The summed E-state index contributed by atoms with van der Waals surface area (Å²) in [6.45, 7) is 1.56. The van der Waals surface area contributed by atoms with Gasteiger partial charge in [-0.15, -0.1) is 0 Å². The van der Waals surface area contributed by atoms with E-state index in [4.69, 9.17) is 18.9 Å². The van der Waals surface area contributed by atoms with E-state index in [1.807, 2.05) is 0 Å². The van der Waals surface area contributed by atoms with Crippen molar-refractivity contribution in [3.05, 3.63) is 108 Å². The number of rotatable bonds is 6. The molecule has 5 atom stereocenters. The Kier molecular flexibility index (Phi) is 7.54. The van der Waals surface area contributed by atoms with Crippen molar-refractivity contribution in [2.45, 2.75) is 37.6 Å². The van der Waals surface area contributed by atoms with Gasteiger partial charge in [0.2, 0.25) is 0 Å². The molecule has 1 N–H and O–H groups in total. The molecule has 3 aromatic carbocycles. The molecule has 8 nitrogen and oxygen atoms in total. The van der Waals surface area contributed by atoms with Crippen molar-refractivity contribution in [3.8, 4) is 0 Å². The molecular weight excluding hydrogens is 452 g/mol. The van der Waals surface area contributed by atoms with E-state index in [9.17, 15) is 19.5 Å². The van der Waals surface area contributed by atoms with Crippen LogP contribution in [0.3, 0.4) is 0 Å². The molecule has 4 rings (SSSR count). The lowest BCUT2D eigenvalue weighted by Gasteiger charge is -2.42. The van der Waals surface area contributed by atoms with Crippen molar-refractivity contribution >= 4 is 17.9 Å². The third-order valence-corrected chi connectivity index (χ3v) is 5.50. The van der Waals surface area contributed by atoms with Crippen LogP contribution in [0.4, 0.5) is 0 Å². The van der Waals surface area contributed by atoms with Gasteiger partial charge in [0, 0.05) is 0 Å². The Hall–Kier alpha value is -4.01. The van der Waals surface area contributed by atoms with Crippen molar-refractivity contribution < 1.29 is 38.4 Å². The van der Waals surface area contributed by atoms with Gasteiger partial charge in [-0.05, 0) is 43.3 Å². The fourth-order valence-electron chi connectivity index (χ4n) is 3.71. The monoisotopic (exact) mass is 476 g/mol. The molecular formula is C27H24O8. The first-order valence-corrected chi connectivity index (χ1v) is 11.1. The highest BCUT2D eigenvalue weighted by atomic mass is 16.7. The van der Waals surface area contributed by atoms with Gasteiger partial charge in [0.05, 0.1) is 22.8 Å². The van der Waals surface area contributed by atoms with Gasteiger partial charge in [0.25, 0.3) is 0 Å².